The van der Waals surface area contributed by atoms with E-state index in [1.807, 2.05) is 29.2 Å². The van der Waals surface area contributed by atoms with Gasteiger partial charge in [0.15, 0.2) is 5.96 Å². The molecule has 1 aromatic carbocycles. The highest BCUT2D eigenvalue weighted by Gasteiger charge is 2.23. The van der Waals surface area contributed by atoms with Crippen molar-refractivity contribution >= 4 is 41.9 Å². The van der Waals surface area contributed by atoms with Gasteiger partial charge in [-0.3, -0.25) is 9.79 Å². The fourth-order valence-electron chi connectivity index (χ4n) is 2.81. The predicted molar refractivity (Wildman–Crippen MR) is 122 cm³/mol. The first-order valence-electron chi connectivity index (χ1n) is 9.34. The molecular weight excluding hydrogens is 489 g/mol. The van der Waals surface area contributed by atoms with Crippen LogP contribution in [0.1, 0.15) is 12.5 Å². The molecule has 0 aromatic heterocycles. The normalized spacial score (nSPS) is 14.0. The van der Waals surface area contributed by atoms with Crippen LogP contribution in [0.3, 0.4) is 0 Å². The van der Waals surface area contributed by atoms with E-state index >= 15 is 0 Å². The molecule has 0 unspecified atom stereocenters. The molecule has 0 atom stereocenters. The number of hydrogen-bond acceptors (Lipinski definition) is 5. The standard InChI is InChI=1S/C19H29N5O4.HI/c1-4-28-19(26)24-11-9-23(10-12-24)18(20-2)22-14-17(25)21-13-15-5-7-16(27-3)8-6-15;/h5-8H,4,9-14H2,1-3H3,(H,20,22)(H,21,25);1H. The summed E-state index contributed by atoms with van der Waals surface area (Å²) >= 11 is 0. The predicted octanol–water partition coefficient (Wildman–Crippen LogP) is 1.28. The molecule has 1 heterocycles. The number of halogens is 1. The number of benzene rings is 1. The van der Waals surface area contributed by atoms with Crippen molar-refractivity contribution in [1.29, 1.82) is 0 Å². The maximum atomic E-state index is 12.1. The van der Waals surface area contributed by atoms with Crippen LogP contribution in [0.15, 0.2) is 29.3 Å². The molecule has 1 aliphatic heterocycles. The number of guanidine groups is 1. The second kappa shape index (κ2) is 13.1. The first-order chi connectivity index (χ1) is 13.6. The quantitative estimate of drug-likeness (QED) is 0.334. The third kappa shape index (κ3) is 7.95. The van der Waals surface area contributed by atoms with Gasteiger partial charge in [-0.05, 0) is 24.6 Å². The minimum atomic E-state index is -0.289. The van der Waals surface area contributed by atoms with Crippen molar-refractivity contribution in [3.63, 3.8) is 0 Å². The Hall–Kier alpha value is -2.24. The number of methoxy groups -OCH3 is 1. The summed E-state index contributed by atoms with van der Waals surface area (Å²) in [5, 5.41) is 5.94. The van der Waals surface area contributed by atoms with Crippen LogP contribution in [0, 0.1) is 0 Å². The molecule has 1 fully saturated rings. The number of aliphatic imine (C=N–C) groups is 1. The number of rotatable bonds is 6. The average Bonchev–Trinajstić information content (AvgIpc) is 2.73. The lowest BCUT2D eigenvalue weighted by atomic mass is 10.2. The summed E-state index contributed by atoms with van der Waals surface area (Å²) in [6.07, 6.45) is -0.289. The van der Waals surface area contributed by atoms with E-state index in [1.54, 1.807) is 26.0 Å². The Balaban J connectivity index is 0.00000420. The van der Waals surface area contributed by atoms with Crippen molar-refractivity contribution in [1.82, 2.24) is 20.4 Å². The van der Waals surface area contributed by atoms with E-state index < -0.39 is 0 Å². The van der Waals surface area contributed by atoms with Gasteiger partial charge in [0.05, 0.1) is 20.3 Å². The second-order valence-corrected chi connectivity index (χ2v) is 6.20. The number of nitrogens with one attached hydrogen (secondary N) is 2. The zero-order chi connectivity index (χ0) is 20.4. The lowest BCUT2D eigenvalue weighted by molar-refractivity contribution is -0.120. The van der Waals surface area contributed by atoms with Crippen LogP contribution in [0.2, 0.25) is 0 Å². The van der Waals surface area contributed by atoms with E-state index in [4.69, 9.17) is 9.47 Å². The van der Waals surface area contributed by atoms with Gasteiger partial charge in [-0.15, -0.1) is 24.0 Å². The Morgan fingerprint density at radius 3 is 2.24 bits per heavy atom. The van der Waals surface area contributed by atoms with Crippen LogP contribution in [0.5, 0.6) is 5.75 Å². The minimum Gasteiger partial charge on any atom is -0.497 e. The monoisotopic (exact) mass is 519 g/mol. The number of hydrogen-bond donors (Lipinski definition) is 2. The molecular formula is C19H30IN5O4. The Morgan fingerprint density at radius 1 is 1.07 bits per heavy atom. The van der Waals surface area contributed by atoms with Gasteiger partial charge in [-0.25, -0.2) is 4.79 Å². The molecule has 1 saturated heterocycles. The van der Waals surface area contributed by atoms with Crippen molar-refractivity contribution in [3.05, 3.63) is 29.8 Å². The van der Waals surface area contributed by atoms with Gasteiger partial charge >= 0.3 is 6.09 Å². The molecule has 0 bridgehead atoms. The summed E-state index contributed by atoms with van der Waals surface area (Å²) in [7, 11) is 3.29. The second-order valence-electron chi connectivity index (χ2n) is 6.20. The number of ether oxygens (including phenoxy) is 2. The lowest BCUT2D eigenvalue weighted by Gasteiger charge is -2.35. The fourth-order valence-corrected chi connectivity index (χ4v) is 2.81. The maximum Gasteiger partial charge on any atom is 0.409 e. The van der Waals surface area contributed by atoms with Crippen LogP contribution < -0.4 is 15.4 Å². The van der Waals surface area contributed by atoms with E-state index in [-0.39, 0.29) is 42.5 Å². The van der Waals surface area contributed by atoms with Crippen LogP contribution in [0.25, 0.3) is 0 Å². The number of carbonyl (C=O) groups is 2. The molecule has 2 N–H and O–H groups in total. The SMILES string of the molecule is CCOC(=O)N1CCN(C(=NC)NCC(=O)NCc2ccc(OC)cc2)CC1.I. The van der Waals surface area contributed by atoms with Crippen LogP contribution >= 0.6 is 24.0 Å². The van der Waals surface area contributed by atoms with Crippen molar-refractivity contribution in [2.24, 2.45) is 4.99 Å². The summed E-state index contributed by atoms with van der Waals surface area (Å²) in [4.78, 5) is 31.8. The van der Waals surface area contributed by atoms with Crippen molar-refractivity contribution in [2.75, 3.05) is 53.5 Å². The summed E-state index contributed by atoms with van der Waals surface area (Å²) in [6, 6.07) is 7.54. The Bertz CT molecular complexity index is 676. The number of piperazine rings is 1. The minimum absolute atomic E-state index is 0. The van der Waals surface area contributed by atoms with Gasteiger partial charge in [-0.1, -0.05) is 12.1 Å². The molecule has 1 aromatic rings. The third-order valence-electron chi connectivity index (χ3n) is 4.37. The molecule has 0 radical (unpaired) electrons. The highest BCUT2D eigenvalue weighted by atomic mass is 127. The number of carbonyl (C=O) groups excluding carboxylic acids is 2. The van der Waals surface area contributed by atoms with Gasteiger partial charge in [0.1, 0.15) is 5.75 Å². The summed E-state index contributed by atoms with van der Waals surface area (Å²) in [5.74, 6) is 1.30. The van der Waals surface area contributed by atoms with Crippen molar-refractivity contribution < 1.29 is 19.1 Å². The molecule has 1 aliphatic rings. The van der Waals surface area contributed by atoms with Gasteiger partial charge in [-0.2, -0.15) is 0 Å². The zero-order valence-electron chi connectivity index (χ0n) is 17.1. The van der Waals surface area contributed by atoms with Crippen LogP contribution in [-0.2, 0) is 16.1 Å². The average molecular weight is 519 g/mol. The van der Waals surface area contributed by atoms with Gasteiger partial charge < -0.3 is 29.9 Å². The summed E-state index contributed by atoms with van der Waals surface area (Å²) in [5.41, 5.74) is 0.994. The van der Waals surface area contributed by atoms with Gasteiger partial charge in [0.25, 0.3) is 0 Å². The van der Waals surface area contributed by atoms with E-state index in [0.717, 1.165) is 11.3 Å². The Labute approximate surface area is 188 Å². The topological polar surface area (TPSA) is 95.5 Å². The first kappa shape index (κ1) is 24.8. The van der Waals surface area contributed by atoms with E-state index in [2.05, 4.69) is 15.6 Å². The molecule has 2 amide bonds. The zero-order valence-corrected chi connectivity index (χ0v) is 19.5. The first-order valence-corrected chi connectivity index (χ1v) is 9.34. The highest BCUT2D eigenvalue weighted by molar-refractivity contribution is 14.0. The molecule has 9 nitrogen and oxygen atoms in total. The van der Waals surface area contributed by atoms with Crippen molar-refractivity contribution in [3.8, 4) is 5.75 Å². The number of nitrogens with zero attached hydrogens (tertiary/aromatic N) is 3. The maximum absolute atomic E-state index is 12.1. The molecule has 29 heavy (non-hydrogen) atoms. The van der Waals surface area contributed by atoms with Gasteiger partial charge in [0.2, 0.25) is 5.91 Å². The molecule has 10 heteroatoms. The van der Waals surface area contributed by atoms with E-state index in [9.17, 15) is 9.59 Å². The van der Waals surface area contributed by atoms with Crippen LogP contribution in [-0.4, -0.2) is 81.2 Å². The Kier molecular flexibility index (Phi) is 11.2. The van der Waals surface area contributed by atoms with E-state index in [0.29, 0.717) is 45.3 Å². The summed E-state index contributed by atoms with van der Waals surface area (Å²) < 4.78 is 10.1. The lowest BCUT2D eigenvalue weighted by Crippen LogP contribution is -2.54. The highest BCUT2D eigenvalue weighted by Crippen LogP contribution is 2.10. The van der Waals surface area contributed by atoms with E-state index in [1.165, 1.54) is 0 Å². The largest absolute Gasteiger partial charge is 0.497 e. The summed E-state index contributed by atoms with van der Waals surface area (Å²) in [6.45, 7) is 5.11. The smallest absolute Gasteiger partial charge is 0.409 e. The molecule has 162 valence electrons. The molecule has 0 saturated carbocycles. The van der Waals surface area contributed by atoms with Gasteiger partial charge in [0, 0.05) is 39.8 Å². The van der Waals surface area contributed by atoms with Crippen molar-refractivity contribution in [2.45, 2.75) is 13.5 Å². The fraction of sp³-hybridized carbons (Fsp3) is 0.526. The molecule has 0 aliphatic carbocycles. The molecule has 0 spiro atoms. The third-order valence-corrected chi connectivity index (χ3v) is 4.37. The van der Waals surface area contributed by atoms with Crippen LogP contribution in [0.4, 0.5) is 4.79 Å². The number of amides is 2. The molecule has 2 rings (SSSR count). The Morgan fingerprint density at radius 2 is 1.69 bits per heavy atom.